The third-order valence-corrected chi connectivity index (χ3v) is 1.93. The Balaban J connectivity index is 2.08. The second-order valence-electron chi connectivity index (χ2n) is 3.22. The smallest absolute Gasteiger partial charge is 0.324 e. The molecule has 2 rings (SSSR count). The standard InChI is InChI=1S/C9H12N6O3/c1-5-11-6(18-15-5)4-10-7-12-8(16-2)14-9(13-7)17-3/h4H2,1-3H3,(H,10,12,13,14). The van der Waals surface area contributed by atoms with Crippen molar-refractivity contribution in [3.05, 3.63) is 11.7 Å². The molecule has 9 heteroatoms. The van der Waals surface area contributed by atoms with Crippen molar-refractivity contribution < 1.29 is 14.0 Å². The van der Waals surface area contributed by atoms with E-state index in [4.69, 9.17) is 14.0 Å². The Morgan fingerprint density at radius 1 is 1.06 bits per heavy atom. The first-order valence-electron chi connectivity index (χ1n) is 5.08. The van der Waals surface area contributed by atoms with Crippen LogP contribution in [0, 0.1) is 6.92 Å². The van der Waals surface area contributed by atoms with Gasteiger partial charge in [0.2, 0.25) is 11.8 Å². The summed E-state index contributed by atoms with van der Waals surface area (Å²) in [7, 11) is 2.92. The number of aromatic nitrogens is 5. The minimum Gasteiger partial charge on any atom is -0.467 e. The summed E-state index contributed by atoms with van der Waals surface area (Å²) < 4.78 is 14.8. The summed E-state index contributed by atoms with van der Waals surface area (Å²) in [6.45, 7) is 2.04. The lowest BCUT2D eigenvalue weighted by Crippen LogP contribution is -2.07. The van der Waals surface area contributed by atoms with Gasteiger partial charge in [-0.05, 0) is 6.92 Å². The lowest BCUT2D eigenvalue weighted by molar-refractivity contribution is 0.340. The van der Waals surface area contributed by atoms with Gasteiger partial charge in [-0.2, -0.15) is 15.0 Å². The van der Waals surface area contributed by atoms with Crippen LogP contribution >= 0.6 is 0 Å². The van der Waals surface area contributed by atoms with Gasteiger partial charge in [-0.3, -0.25) is 0 Å². The van der Waals surface area contributed by atoms with E-state index in [1.54, 1.807) is 6.92 Å². The Kier molecular flexibility index (Phi) is 3.51. The van der Waals surface area contributed by atoms with E-state index in [-0.39, 0.29) is 12.0 Å². The maximum atomic E-state index is 4.94. The van der Waals surface area contributed by atoms with Crippen LogP contribution in [0.15, 0.2) is 4.52 Å². The number of nitrogens with zero attached hydrogens (tertiary/aromatic N) is 5. The molecule has 0 amide bonds. The fourth-order valence-electron chi connectivity index (χ4n) is 1.17. The topological polar surface area (TPSA) is 108 Å². The molecule has 0 bridgehead atoms. The predicted octanol–water partition coefficient (Wildman–Crippen LogP) is 0.192. The van der Waals surface area contributed by atoms with Crippen molar-refractivity contribution in [2.24, 2.45) is 0 Å². The minimum absolute atomic E-state index is 0.158. The summed E-state index contributed by atoms with van der Waals surface area (Å²) in [4.78, 5) is 15.9. The van der Waals surface area contributed by atoms with E-state index >= 15 is 0 Å². The van der Waals surface area contributed by atoms with Crippen LogP contribution in [0.4, 0.5) is 5.95 Å². The molecule has 0 fully saturated rings. The Hall–Kier alpha value is -2.45. The molecular formula is C9H12N6O3. The molecule has 2 aromatic rings. The number of methoxy groups -OCH3 is 2. The van der Waals surface area contributed by atoms with Crippen LogP contribution in [0.5, 0.6) is 12.0 Å². The summed E-state index contributed by atoms with van der Waals surface area (Å²) in [5.74, 6) is 1.30. The molecule has 18 heavy (non-hydrogen) atoms. The van der Waals surface area contributed by atoms with Gasteiger partial charge >= 0.3 is 12.0 Å². The van der Waals surface area contributed by atoms with E-state index in [9.17, 15) is 0 Å². The van der Waals surface area contributed by atoms with E-state index in [2.05, 4.69) is 30.4 Å². The second kappa shape index (κ2) is 5.25. The van der Waals surface area contributed by atoms with Gasteiger partial charge in [-0.15, -0.1) is 4.98 Å². The van der Waals surface area contributed by atoms with Crippen molar-refractivity contribution in [2.75, 3.05) is 19.5 Å². The normalized spacial score (nSPS) is 10.2. The lowest BCUT2D eigenvalue weighted by atomic mass is 10.6. The molecule has 0 aliphatic rings. The first kappa shape index (κ1) is 12.0. The molecular weight excluding hydrogens is 240 g/mol. The van der Waals surface area contributed by atoms with Gasteiger partial charge < -0.3 is 19.3 Å². The molecule has 0 saturated carbocycles. The van der Waals surface area contributed by atoms with E-state index < -0.39 is 0 Å². The molecule has 0 radical (unpaired) electrons. The van der Waals surface area contributed by atoms with Crippen molar-refractivity contribution >= 4 is 5.95 Å². The summed E-state index contributed by atoms with van der Waals surface area (Å²) >= 11 is 0. The van der Waals surface area contributed by atoms with Gasteiger partial charge in [-0.25, -0.2) is 0 Å². The predicted molar refractivity (Wildman–Crippen MR) is 59.3 cm³/mol. The number of ether oxygens (including phenoxy) is 2. The maximum absolute atomic E-state index is 4.94. The number of rotatable bonds is 5. The second-order valence-corrected chi connectivity index (χ2v) is 3.22. The van der Waals surface area contributed by atoms with Crippen molar-refractivity contribution in [2.45, 2.75) is 13.5 Å². The molecule has 9 nitrogen and oxygen atoms in total. The summed E-state index contributed by atoms with van der Waals surface area (Å²) in [5.41, 5.74) is 0. The van der Waals surface area contributed by atoms with E-state index in [0.717, 1.165) is 0 Å². The molecule has 0 atom stereocenters. The van der Waals surface area contributed by atoms with Crippen LogP contribution in [0.1, 0.15) is 11.7 Å². The van der Waals surface area contributed by atoms with Crippen molar-refractivity contribution in [3.63, 3.8) is 0 Å². The molecule has 0 spiro atoms. The molecule has 96 valence electrons. The molecule has 2 aromatic heterocycles. The maximum Gasteiger partial charge on any atom is 0.324 e. The lowest BCUT2D eigenvalue weighted by Gasteiger charge is -2.05. The first-order chi connectivity index (χ1) is 8.71. The van der Waals surface area contributed by atoms with Crippen LogP contribution in [0.2, 0.25) is 0 Å². The minimum atomic E-state index is 0.158. The summed E-state index contributed by atoms with van der Waals surface area (Å²) in [6, 6.07) is 0.317. The molecule has 0 aliphatic carbocycles. The molecule has 1 N–H and O–H groups in total. The molecule has 0 aromatic carbocycles. The molecule has 2 heterocycles. The molecule has 0 aliphatic heterocycles. The van der Waals surface area contributed by atoms with E-state index in [1.807, 2.05) is 0 Å². The highest BCUT2D eigenvalue weighted by Gasteiger charge is 2.08. The van der Waals surface area contributed by atoms with Gasteiger partial charge in [0.1, 0.15) is 0 Å². The highest BCUT2D eigenvalue weighted by molar-refractivity contribution is 5.27. The monoisotopic (exact) mass is 252 g/mol. The quantitative estimate of drug-likeness (QED) is 0.797. The van der Waals surface area contributed by atoms with Crippen LogP contribution in [-0.4, -0.2) is 39.3 Å². The van der Waals surface area contributed by atoms with Gasteiger partial charge in [0.15, 0.2) is 5.82 Å². The Labute approximate surface area is 103 Å². The Morgan fingerprint density at radius 3 is 2.22 bits per heavy atom. The van der Waals surface area contributed by atoms with Crippen LogP contribution < -0.4 is 14.8 Å². The molecule has 0 unspecified atom stereocenters. The summed E-state index contributed by atoms with van der Waals surface area (Å²) in [5, 5.41) is 6.57. The number of hydrogen-bond donors (Lipinski definition) is 1. The third kappa shape index (κ3) is 2.81. The van der Waals surface area contributed by atoms with Crippen LogP contribution in [-0.2, 0) is 6.54 Å². The summed E-state index contributed by atoms with van der Waals surface area (Å²) in [6.07, 6.45) is 0. The number of nitrogens with one attached hydrogen (secondary N) is 1. The first-order valence-corrected chi connectivity index (χ1v) is 5.08. The average Bonchev–Trinajstić information content (AvgIpc) is 2.81. The van der Waals surface area contributed by atoms with Crippen LogP contribution in [0.3, 0.4) is 0 Å². The fourth-order valence-corrected chi connectivity index (χ4v) is 1.17. The highest BCUT2D eigenvalue weighted by Crippen LogP contribution is 2.12. The number of hydrogen-bond acceptors (Lipinski definition) is 9. The zero-order chi connectivity index (χ0) is 13.0. The van der Waals surface area contributed by atoms with Gasteiger partial charge in [-0.1, -0.05) is 5.16 Å². The van der Waals surface area contributed by atoms with E-state index in [0.29, 0.717) is 24.2 Å². The average molecular weight is 252 g/mol. The number of anilines is 1. The van der Waals surface area contributed by atoms with Crippen molar-refractivity contribution in [3.8, 4) is 12.0 Å². The van der Waals surface area contributed by atoms with Crippen molar-refractivity contribution in [1.82, 2.24) is 25.1 Å². The van der Waals surface area contributed by atoms with Crippen LogP contribution in [0.25, 0.3) is 0 Å². The third-order valence-electron chi connectivity index (χ3n) is 1.93. The van der Waals surface area contributed by atoms with Crippen molar-refractivity contribution in [1.29, 1.82) is 0 Å². The SMILES string of the molecule is COc1nc(NCc2nc(C)no2)nc(OC)n1. The Morgan fingerprint density at radius 2 is 1.72 bits per heavy atom. The largest absolute Gasteiger partial charge is 0.467 e. The Bertz CT molecular complexity index is 507. The zero-order valence-corrected chi connectivity index (χ0v) is 10.2. The van der Waals surface area contributed by atoms with Gasteiger partial charge in [0, 0.05) is 0 Å². The van der Waals surface area contributed by atoms with E-state index in [1.165, 1.54) is 14.2 Å². The highest BCUT2D eigenvalue weighted by atomic mass is 16.5. The van der Waals surface area contributed by atoms with Gasteiger partial charge in [0.05, 0.1) is 20.8 Å². The fraction of sp³-hybridized carbons (Fsp3) is 0.444. The van der Waals surface area contributed by atoms with Gasteiger partial charge in [0.25, 0.3) is 0 Å². The molecule has 0 saturated heterocycles. The zero-order valence-electron chi connectivity index (χ0n) is 10.2. The number of aryl methyl sites for hydroxylation is 1.